The largest absolute Gasteiger partial charge is 0.497 e. The first-order valence-electron chi connectivity index (χ1n) is 8.19. The van der Waals surface area contributed by atoms with Gasteiger partial charge in [0.2, 0.25) is 0 Å². The molecule has 0 aliphatic rings. The number of hydrogen-bond acceptors (Lipinski definition) is 5. The highest BCUT2D eigenvalue weighted by molar-refractivity contribution is 5.85. The van der Waals surface area contributed by atoms with Crippen molar-refractivity contribution in [3.8, 4) is 17.2 Å². The summed E-state index contributed by atoms with van der Waals surface area (Å²) in [6.45, 7) is 5.87. The molecule has 0 saturated carbocycles. The third-order valence-electron chi connectivity index (χ3n) is 3.96. The summed E-state index contributed by atoms with van der Waals surface area (Å²) in [7, 11) is 3.14. The molecule has 1 amide bonds. The molecule has 0 bridgehead atoms. The number of nitrogens with one attached hydrogen (secondary N) is 1. The fourth-order valence-electron chi connectivity index (χ4n) is 2.43. The van der Waals surface area contributed by atoms with Crippen LogP contribution in [0, 0.1) is 20.8 Å². The lowest BCUT2D eigenvalue weighted by molar-refractivity contribution is -0.123. The summed E-state index contributed by atoms with van der Waals surface area (Å²) in [6.07, 6.45) is 1.51. The van der Waals surface area contributed by atoms with Crippen LogP contribution in [0.3, 0.4) is 0 Å². The first-order chi connectivity index (χ1) is 12.4. The number of methoxy groups -OCH3 is 2. The van der Waals surface area contributed by atoms with Gasteiger partial charge in [-0.15, -0.1) is 0 Å². The average molecular weight is 356 g/mol. The van der Waals surface area contributed by atoms with Crippen molar-refractivity contribution in [1.82, 2.24) is 5.43 Å². The summed E-state index contributed by atoms with van der Waals surface area (Å²) in [5.74, 6) is 1.65. The van der Waals surface area contributed by atoms with Crippen LogP contribution in [0.25, 0.3) is 0 Å². The molecule has 0 aliphatic carbocycles. The fourth-order valence-corrected chi connectivity index (χ4v) is 2.43. The van der Waals surface area contributed by atoms with E-state index in [0.717, 1.165) is 22.3 Å². The standard InChI is InChI=1S/C20H24N2O4/c1-13-8-14(2)15(3)18(9-13)26-12-20(23)22-21-11-16-6-7-17(24-4)10-19(16)25-5/h6-11H,12H2,1-5H3,(H,22,23)/b21-11+. The van der Waals surface area contributed by atoms with Gasteiger partial charge >= 0.3 is 0 Å². The van der Waals surface area contributed by atoms with Crippen molar-refractivity contribution in [3.63, 3.8) is 0 Å². The average Bonchev–Trinajstić information content (AvgIpc) is 2.63. The Bertz CT molecular complexity index is 816. The van der Waals surface area contributed by atoms with Gasteiger partial charge in [0.15, 0.2) is 6.61 Å². The Morgan fingerprint density at radius 3 is 2.54 bits per heavy atom. The Balaban J connectivity index is 1.94. The van der Waals surface area contributed by atoms with Gasteiger partial charge in [0, 0.05) is 11.6 Å². The minimum Gasteiger partial charge on any atom is -0.497 e. The molecule has 2 aromatic rings. The van der Waals surface area contributed by atoms with E-state index in [4.69, 9.17) is 14.2 Å². The molecule has 1 N–H and O–H groups in total. The van der Waals surface area contributed by atoms with E-state index in [0.29, 0.717) is 17.2 Å². The predicted molar refractivity (Wildman–Crippen MR) is 101 cm³/mol. The molecule has 138 valence electrons. The van der Waals surface area contributed by atoms with Gasteiger partial charge in [0.05, 0.1) is 20.4 Å². The normalized spacial score (nSPS) is 10.7. The molecule has 26 heavy (non-hydrogen) atoms. The van der Waals surface area contributed by atoms with E-state index in [2.05, 4.69) is 16.6 Å². The Morgan fingerprint density at radius 1 is 1.08 bits per heavy atom. The number of hydrogen-bond donors (Lipinski definition) is 1. The van der Waals surface area contributed by atoms with Gasteiger partial charge in [0.25, 0.3) is 5.91 Å². The Labute approximate surface area is 153 Å². The first kappa shape index (κ1) is 19.3. The maximum Gasteiger partial charge on any atom is 0.277 e. The topological polar surface area (TPSA) is 69.2 Å². The second-order valence-corrected chi connectivity index (χ2v) is 5.89. The number of carbonyl (C=O) groups is 1. The molecular weight excluding hydrogens is 332 g/mol. The van der Waals surface area contributed by atoms with Crippen molar-refractivity contribution in [1.29, 1.82) is 0 Å². The van der Waals surface area contributed by atoms with E-state index in [1.807, 2.05) is 26.8 Å². The quantitative estimate of drug-likeness (QED) is 0.611. The van der Waals surface area contributed by atoms with Crippen molar-refractivity contribution >= 4 is 12.1 Å². The number of benzene rings is 2. The van der Waals surface area contributed by atoms with Crippen LogP contribution in [0.2, 0.25) is 0 Å². The van der Waals surface area contributed by atoms with Gasteiger partial charge in [-0.1, -0.05) is 6.07 Å². The molecule has 2 rings (SSSR count). The summed E-state index contributed by atoms with van der Waals surface area (Å²) >= 11 is 0. The molecule has 2 aromatic carbocycles. The molecule has 6 heteroatoms. The van der Waals surface area contributed by atoms with Crippen molar-refractivity contribution in [2.24, 2.45) is 5.10 Å². The molecular formula is C20H24N2O4. The Hall–Kier alpha value is -3.02. The Morgan fingerprint density at radius 2 is 1.85 bits per heavy atom. The van der Waals surface area contributed by atoms with Crippen molar-refractivity contribution in [2.75, 3.05) is 20.8 Å². The van der Waals surface area contributed by atoms with E-state index >= 15 is 0 Å². The zero-order chi connectivity index (χ0) is 19.1. The third-order valence-corrected chi connectivity index (χ3v) is 3.96. The highest BCUT2D eigenvalue weighted by Gasteiger charge is 2.07. The maximum absolute atomic E-state index is 11.9. The number of hydrazone groups is 1. The monoisotopic (exact) mass is 356 g/mol. The zero-order valence-electron chi connectivity index (χ0n) is 15.8. The summed E-state index contributed by atoms with van der Waals surface area (Å²) in [5, 5.41) is 3.95. The molecule has 0 atom stereocenters. The number of amides is 1. The van der Waals surface area contributed by atoms with Crippen molar-refractivity contribution in [3.05, 3.63) is 52.6 Å². The lowest BCUT2D eigenvalue weighted by Crippen LogP contribution is -2.24. The number of carbonyl (C=O) groups excluding carboxylic acids is 1. The van der Waals surface area contributed by atoms with Crippen LogP contribution < -0.4 is 19.6 Å². The Kier molecular flexibility index (Phi) is 6.60. The smallest absolute Gasteiger partial charge is 0.277 e. The van der Waals surface area contributed by atoms with E-state index in [9.17, 15) is 4.79 Å². The summed E-state index contributed by atoms with van der Waals surface area (Å²) in [4.78, 5) is 11.9. The molecule has 6 nitrogen and oxygen atoms in total. The van der Waals surface area contributed by atoms with Gasteiger partial charge < -0.3 is 14.2 Å². The van der Waals surface area contributed by atoms with E-state index < -0.39 is 0 Å². The van der Waals surface area contributed by atoms with Gasteiger partial charge in [-0.3, -0.25) is 4.79 Å². The number of ether oxygens (including phenoxy) is 3. The highest BCUT2D eigenvalue weighted by Crippen LogP contribution is 2.24. The van der Waals surface area contributed by atoms with Gasteiger partial charge in [-0.05, 0) is 55.7 Å². The zero-order valence-corrected chi connectivity index (χ0v) is 15.8. The maximum atomic E-state index is 11.9. The molecule has 0 fully saturated rings. The van der Waals surface area contributed by atoms with Crippen LogP contribution in [0.1, 0.15) is 22.3 Å². The number of rotatable bonds is 7. The summed E-state index contributed by atoms with van der Waals surface area (Å²) < 4.78 is 16.0. The molecule has 0 aromatic heterocycles. The molecule has 0 unspecified atom stereocenters. The minimum absolute atomic E-state index is 0.110. The van der Waals surface area contributed by atoms with Gasteiger partial charge in [-0.2, -0.15) is 5.10 Å². The molecule has 0 heterocycles. The highest BCUT2D eigenvalue weighted by atomic mass is 16.5. The van der Waals surface area contributed by atoms with Crippen molar-refractivity contribution < 1.29 is 19.0 Å². The molecule has 0 aliphatic heterocycles. The minimum atomic E-state index is -0.340. The van der Waals surface area contributed by atoms with Crippen LogP contribution in [-0.2, 0) is 4.79 Å². The van der Waals surface area contributed by atoms with Crippen LogP contribution in [0.5, 0.6) is 17.2 Å². The molecule has 0 spiro atoms. The van der Waals surface area contributed by atoms with Gasteiger partial charge in [-0.25, -0.2) is 5.43 Å². The van der Waals surface area contributed by atoms with E-state index in [1.54, 1.807) is 32.4 Å². The summed E-state index contributed by atoms with van der Waals surface area (Å²) in [5.41, 5.74) is 6.41. The van der Waals surface area contributed by atoms with Crippen LogP contribution in [-0.4, -0.2) is 32.9 Å². The van der Waals surface area contributed by atoms with Crippen LogP contribution in [0.15, 0.2) is 35.4 Å². The third kappa shape index (κ3) is 4.99. The molecule has 0 saturated heterocycles. The van der Waals surface area contributed by atoms with Gasteiger partial charge in [0.1, 0.15) is 17.2 Å². The summed E-state index contributed by atoms with van der Waals surface area (Å²) in [6, 6.07) is 9.32. The van der Waals surface area contributed by atoms with Crippen LogP contribution >= 0.6 is 0 Å². The fraction of sp³-hybridized carbons (Fsp3) is 0.300. The van der Waals surface area contributed by atoms with E-state index in [1.165, 1.54) is 6.21 Å². The second kappa shape index (κ2) is 8.89. The predicted octanol–water partition coefficient (Wildman–Crippen LogP) is 3.16. The van der Waals surface area contributed by atoms with Crippen molar-refractivity contribution in [2.45, 2.75) is 20.8 Å². The lowest BCUT2D eigenvalue weighted by Gasteiger charge is -2.11. The second-order valence-electron chi connectivity index (χ2n) is 5.89. The lowest BCUT2D eigenvalue weighted by atomic mass is 10.1. The van der Waals surface area contributed by atoms with Crippen LogP contribution in [0.4, 0.5) is 0 Å². The molecule has 0 radical (unpaired) electrons. The number of aryl methyl sites for hydroxylation is 2. The van der Waals surface area contributed by atoms with E-state index in [-0.39, 0.29) is 12.5 Å². The number of nitrogens with zero attached hydrogens (tertiary/aromatic N) is 1. The first-order valence-corrected chi connectivity index (χ1v) is 8.19. The SMILES string of the molecule is COc1ccc(/C=N/NC(=O)COc2cc(C)cc(C)c2C)c(OC)c1.